The number of hydrogen-bond donors (Lipinski definition) is 1. The number of anilines is 1. The van der Waals surface area contributed by atoms with Crippen LogP contribution < -0.4 is 5.73 Å². The van der Waals surface area contributed by atoms with Crippen LogP contribution in [0, 0.1) is 0 Å². The van der Waals surface area contributed by atoms with Crippen molar-refractivity contribution in [2.24, 2.45) is 0 Å². The molecule has 2 aromatic rings. The van der Waals surface area contributed by atoms with Crippen LogP contribution in [0.2, 0.25) is 10.0 Å². The van der Waals surface area contributed by atoms with Crippen molar-refractivity contribution in [2.75, 3.05) is 12.8 Å². The third kappa shape index (κ3) is 2.02. The van der Waals surface area contributed by atoms with E-state index in [2.05, 4.69) is 9.72 Å². The SMILES string of the molecule is COC(=O)c1ncn(-c2c(Cl)cccc2Cl)c1N. The van der Waals surface area contributed by atoms with Crippen LogP contribution in [0.5, 0.6) is 0 Å². The molecule has 18 heavy (non-hydrogen) atoms. The zero-order valence-corrected chi connectivity index (χ0v) is 10.9. The Labute approximate surface area is 113 Å². The Hall–Kier alpha value is -1.72. The Balaban J connectivity index is 2.60. The van der Waals surface area contributed by atoms with Crippen molar-refractivity contribution in [3.63, 3.8) is 0 Å². The minimum Gasteiger partial charge on any atom is -0.464 e. The number of halogens is 2. The molecular weight excluding hydrogens is 277 g/mol. The topological polar surface area (TPSA) is 70.1 Å². The van der Waals surface area contributed by atoms with E-state index in [-0.39, 0.29) is 11.5 Å². The molecule has 1 aromatic carbocycles. The molecule has 0 saturated heterocycles. The third-order valence-electron chi connectivity index (χ3n) is 2.36. The minimum atomic E-state index is -0.616. The average molecular weight is 286 g/mol. The van der Waals surface area contributed by atoms with Gasteiger partial charge < -0.3 is 10.5 Å². The van der Waals surface area contributed by atoms with Gasteiger partial charge in [-0.1, -0.05) is 29.3 Å². The number of para-hydroxylation sites is 1. The second-order valence-electron chi connectivity index (χ2n) is 3.41. The van der Waals surface area contributed by atoms with Gasteiger partial charge in [-0.2, -0.15) is 0 Å². The third-order valence-corrected chi connectivity index (χ3v) is 2.97. The highest BCUT2D eigenvalue weighted by Crippen LogP contribution is 2.30. The van der Waals surface area contributed by atoms with Gasteiger partial charge in [-0.25, -0.2) is 9.78 Å². The molecule has 2 rings (SSSR count). The highest BCUT2D eigenvalue weighted by Gasteiger charge is 2.19. The first-order valence-electron chi connectivity index (χ1n) is 4.91. The fourth-order valence-electron chi connectivity index (χ4n) is 1.51. The summed E-state index contributed by atoms with van der Waals surface area (Å²) in [7, 11) is 1.25. The Morgan fingerprint density at radius 3 is 2.56 bits per heavy atom. The molecule has 1 heterocycles. The number of ether oxygens (including phenoxy) is 1. The van der Waals surface area contributed by atoms with E-state index in [0.29, 0.717) is 15.7 Å². The largest absolute Gasteiger partial charge is 0.464 e. The standard InChI is InChI=1S/C11H9Cl2N3O2/c1-18-11(17)8-10(14)16(5-15-8)9-6(12)3-2-4-7(9)13/h2-5H,14H2,1H3. The number of nitrogens with zero attached hydrogens (tertiary/aromatic N) is 2. The van der Waals surface area contributed by atoms with Gasteiger partial charge >= 0.3 is 5.97 Å². The molecule has 0 radical (unpaired) electrons. The zero-order chi connectivity index (χ0) is 13.3. The highest BCUT2D eigenvalue weighted by atomic mass is 35.5. The first-order valence-corrected chi connectivity index (χ1v) is 5.67. The summed E-state index contributed by atoms with van der Waals surface area (Å²) in [6.45, 7) is 0. The normalized spacial score (nSPS) is 10.4. The van der Waals surface area contributed by atoms with Gasteiger partial charge in [0.15, 0.2) is 5.69 Å². The van der Waals surface area contributed by atoms with Gasteiger partial charge in [0, 0.05) is 0 Å². The van der Waals surface area contributed by atoms with Crippen molar-refractivity contribution in [3.8, 4) is 5.69 Å². The van der Waals surface area contributed by atoms with Crippen molar-refractivity contribution in [1.82, 2.24) is 9.55 Å². The number of aromatic nitrogens is 2. The minimum absolute atomic E-state index is 0.0217. The monoisotopic (exact) mass is 285 g/mol. The molecule has 0 atom stereocenters. The number of nitrogen functional groups attached to an aromatic ring is 1. The molecule has 0 unspecified atom stereocenters. The Bertz CT molecular complexity index is 590. The highest BCUT2D eigenvalue weighted by molar-refractivity contribution is 6.37. The lowest BCUT2D eigenvalue weighted by atomic mass is 10.3. The molecule has 0 saturated carbocycles. The van der Waals surface area contributed by atoms with E-state index in [1.165, 1.54) is 18.0 Å². The molecule has 0 aliphatic heterocycles. The quantitative estimate of drug-likeness (QED) is 0.861. The van der Waals surface area contributed by atoms with E-state index in [1.807, 2.05) is 0 Å². The second-order valence-corrected chi connectivity index (χ2v) is 4.22. The van der Waals surface area contributed by atoms with E-state index in [4.69, 9.17) is 28.9 Å². The Morgan fingerprint density at radius 1 is 1.39 bits per heavy atom. The Morgan fingerprint density at radius 2 is 2.00 bits per heavy atom. The summed E-state index contributed by atoms with van der Waals surface area (Å²) in [6.07, 6.45) is 1.37. The number of hydrogen-bond acceptors (Lipinski definition) is 4. The van der Waals surface area contributed by atoms with E-state index >= 15 is 0 Å². The molecule has 5 nitrogen and oxygen atoms in total. The average Bonchev–Trinajstić information content (AvgIpc) is 2.71. The van der Waals surface area contributed by atoms with Crippen molar-refractivity contribution in [1.29, 1.82) is 0 Å². The summed E-state index contributed by atoms with van der Waals surface area (Å²) in [5.74, 6) is -0.494. The van der Waals surface area contributed by atoms with Crippen molar-refractivity contribution < 1.29 is 9.53 Å². The second kappa shape index (κ2) is 4.88. The van der Waals surface area contributed by atoms with Crippen molar-refractivity contribution in [3.05, 3.63) is 40.3 Å². The van der Waals surface area contributed by atoms with E-state index in [9.17, 15) is 4.79 Å². The maximum Gasteiger partial charge on any atom is 0.360 e. The molecule has 2 N–H and O–H groups in total. The fraction of sp³-hybridized carbons (Fsp3) is 0.0909. The number of rotatable bonds is 2. The van der Waals surface area contributed by atoms with Crippen LogP contribution in [0.15, 0.2) is 24.5 Å². The van der Waals surface area contributed by atoms with Crippen LogP contribution in [-0.2, 0) is 4.74 Å². The molecule has 0 bridgehead atoms. The molecule has 1 aromatic heterocycles. The molecule has 94 valence electrons. The van der Waals surface area contributed by atoms with Crippen LogP contribution in [0.4, 0.5) is 5.82 Å². The lowest BCUT2D eigenvalue weighted by molar-refractivity contribution is 0.0596. The summed E-state index contributed by atoms with van der Waals surface area (Å²) in [4.78, 5) is 15.3. The van der Waals surface area contributed by atoms with Crippen LogP contribution in [0.25, 0.3) is 5.69 Å². The van der Waals surface area contributed by atoms with Crippen LogP contribution in [0.1, 0.15) is 10.5 Å². The van der Waals surface area contributed by atoms with Gasteiger partial charge in [-0.3, -0.25) is 4.57 Å². The molecule has 0 aliphatic carbocycles. The van der Waals surface area contributed by atoms with E-state index in [1.54, 1.807) is 18.2 Å². The number of esters is 1. The number of carbonyl (C=O) groups is 1. The van der Waals surface area contributed by atoms with Gasteiger partial charge in [0.1, 0.15) is 12.1 Å². The van der Waals surface area contributed by atoms with Crippen LogP contribution >= 0.6 is 23.2 Å². The number of methoxy groups -OCH3 is 1. The molecule has 0 fully saturated rings. The van der Waals surface area contributed by atoms with Crippen molar-refractivity contribution >= 4 is 35.0 Å². The smallest absolute Gasteiger partial charge is 0.360 e. The molecule has 0 amide bonds. The summed E-state index contributed by atoms with van der Waals surface area (Å²) in [5, 5.41) is 0.811. The van der Waals surface area contributed by atoms with E-state index in [0.717, 1.165) is 0 Å². The first-order chi connectivity index (χ1) is 8.56. The van der Waals surface area contributed by atoms with Gasteiger partial charge in [0.05, 0.1) is 22.8 Å². The molecule has 0 spiro atoms. The Kier molecular flexibility index (Phi) is 3.45. The van der Waals surface area contributed by atoms with E-state index < -0.39 is 5.97 Å². The molecule has 7 heteroatoms. The summed E-state index contributed by atoms with van der Waals surface area (Å²) in [6, 6.07) is 5.04. The van der Waals surface area contributed by atoms with Crippen molar-refractivity contribution in [2.45, 2.75) is 0 Å². The van der Waals surface area contributed by atoms with Crippen LogP contribution in [0.3, 0.4) is 0 Å². The van der Waals surface area contributed by atoms with Gasteiger partial charge in [-0.15, -0.1) is 0 Å². The van der Waals surface area contributed by atoms with Gasteiger partial charge in [0.25, 0.3) is 0 Å². The predicted molar refractivity (Wildman–Crippen MR) is 69.3 cm³/mol. The zero-order valence-electron chi connectivity index (χ0n) is 9.35. The molecule has 0 aliphatic rings. The number of benzene rings is 1. The number of nitrogens with two attached hydrogens (primary N) is 1. The summed E-state index contributed by atoms with van der Waals surface area (Å²) in [5.41, 5.74) is 6.33. The first kappa shape index (κ1) is 12.7. The number of imidazole rings is 1. The van der Waals surface area contributed by atoms with Gasteiger partial charge in [-0.05, 0) is 12.1 Å². The maximum atomic E-state index is 11.4. The van der Waals surface area contributed by atoms with Gasteiger partial charge in [0.2, 0.25) is 0 Å². The lowest BCUT2D eigenvalue weighted by Gasteiger charge is -2.09. The maximum absolute atomic E-state index is 11.4. The van der Waals surface area contributed by atoms with Crippen LogP contribution in [-0.4, -0.2) is 22.6 Å². The lowest BCUT2D eigenvalue weighted by Crippen LogP contribution is -2.08. The predicted octanol–water partition coefficient (Wildman–Crippen LogP) is 2.55. The molecular formula is C11H9Cl2N3O2. The summed E-state index contributed by atoms with van der Waals surface area (Å²) >= 11 is 12.1. The number of carbonyl (C=O) groups excluding carboxylic acids is 1. The summed E-state index contributed by atoms with van der Waals surface area (Å²) < 4.78 is 6.01. The fourth-order valence-corrected chi connectivity index (χ4v) is 2.09.